The van der Waals surface area contributed by atoms with Crippen LogP contribution in [0.15, 0.2) is 24.3 Å². The van der Waals surface area contributed by atoms with Crippen molar-refractivity contribution in [1.29, 1.82) is 0 Å². The molecule has 0 amide bonds. The summed E-state index contributed by atoms with van der Waals surface area (Å²) in [6, 6.07) is 6.33. The number of terminal acetylenes is 1. The summed E-state index contributed by atoms with van der Waals surface area (Å²) in [4.78, 5) is 23.5. The van der Waals surface area contributed by atoms with Gasteiger partial charge in [0, 0.05) is 11.6 Å². The summed E-state index contributed by atoms with van der Waals surface area (Å²) in [5.41, 5.74) is 0.707. The molecule has 0 aromatic heterocycles. The van der Waals surface area contributed by atoms with Gasteiger partial charge in [0.05, 0.1) is 6.61 Å². The molecule has 0 saturated carbocycles. The lowest BCUT2D eigenvalue weighted by Crippen LogP contribution is -2.39. The predicted octanol–water partition coefficient (Wildman–Crippen LogP) is 2.66. The molecule has 5 heteroatoms. The zero-order valence-corrected chi connectivity index (χ0v) is 13.6. The highest BCUT2D eigenvalue weighted by atomic mass is 16.5. The average molecular weight is 317 g/mol. The van der Waals surface area contributed by atoms with Gasteiger partial charge in [-0.3, -0.25) is 0 Å². The van der Waals surface area contributed by atoms with Crippen LogP contribution in [-0.2, 0) is 14.3 Å². The molecule has 0 aliphatic rings. The summed E-state index contributed by atoms with van der Waals surface area (Å²) < 4.78 is 10.4. The van der Waals surface area contributed by atoms with Crippen LogP contribution in [0.1, 0.15) is 26.7 Å². The quantitative estimate of drug-likeness (QED) is 0.408. The molecule has 1 aromatic carbocycles. The molecule has 0 aliphatic heterocycles. The van der Waals surface area contributed by atoms with Gasteiger partial charge in [0.15, 0.2) is 0 Å². The summed E-state index contributed by atoms with van der Waals surface area (Å²) in [5.74, 6) is 2.17. The molecule has 0 radical (unpaired) electrons. The van der Waals surface area contributed by atoms with Crippen molar-refractivity contribution < 1.29 is 19.1 Å². The van der Waals surface area contributed by atoms with Gasteiger partial charge in [-0.25, -0.2) is 4.79 Å². The highest BCUT2D eigenvalue weighted by Crippen LogP contribution is 2.20. The fraction of sp³-hybridized carbons (Fsp3) is 0.444. The van der Waals surface area contributed by atoms with Gasteiger partial charge in [-0.05, 0) is 37.6 Å². The third kappa shape index (κ3) is 6.03. The maximum Gasteiger partial charge on any atom is 0.329 e. The topological polar surface area (TPSA) is 64.6 Å². The van der Waals surface area contributed by atoms with Crippen molar-refractivity contribution in [3.63, 3.8) is 0 Å². The van der Waals surface area contributed by atoms with E-state index >= 15 is 0 Å². The molecule has 0 spiro atoms. The molecule has 0 unspecified atom stereocenters. The number of carbonyl (C=O) groups is 2. The van der Waals surface area contributed by atoms with Crippen molar-refractivity contribution >= 4 is 17.9 Å². The molecule has 0 saturated heterocycles. The monoisotopic (exact) mass is 317 g/mol. The van der Waals surface area contributed by atoms with Crippen LogP contribution in [-0.4, -0.2) is 31.5 Å². The summed E-state index contributed by atoms with van der Waals surface area (Å²) in [5, 5.41) is 3.08. The number of carbonyl (C=O) groups excluding carboxylic acids is 2. The zero-order valence-electron chi connectivity index (χ0n) is 13.6. The largest absolute Gasteiger partial charge is 0.481 e. The Morgan fingerprint density at radius 1 is 1.35 bits per heavy atom. The van der Waals surface area contributed by atoms with Crippen LogP contribution in [0, 0.1) is 18.3 Å². The van der Waals surface area contributed by atoms with E-state index in [1.165, 1.54) is 0 Å². The summed E-state index contributed by atoms with van der Waals surface area (Å²) >= 11 is 0. The second-order valence-corrected chi connectivity index (χ2v) is 4.98. The van der Waals surface area contributed by atoms with Gasteiger partial charge < -0.3 is 19.6 Å². The van der Waals surface area contributed by atoms with Crippen LogP contribution in [0.5, 0.6) is 5.75 Å². The minimum Gasteiger partial charge on any atom is -0.481 e. The minimum absolute atomic E-state index is 0.196. The molecule has 0 bridgehead atoms. The van der Waals surface area contributed by atoms with Crippen LogP contribution in [0.4, 0.5) is 5.69 Å². The van der Waals surface area contributed by atoms with Crippen LogP contribution < -0.4 is 10.1 Å². The number of nitrogens with one attached hydrogen (secondary N) is 1. The Morgan fingerprint density at radius 2 is 2.04 bits per heavy atom. The van der Waals surface area contributed by atoms with Gasteiger partial charge >= 0.3 is 5.97 Å². The van der Waals surface area contributed by atoms with Crippen LogP contribution in [0.2, 0.25) is 0 Å². The van der Waals surface area contributed by atoms with E-state index < -0.39 is 17.9 Å². The SMILES string of the molecule is C#CCOc1ccc(N[C@H](C(=O)OCC)[C@@H](C=O)CCC)cc1. The van der Waals surface area contributed by atoms with E-state index in [0.29, 0.717) is 17.9 Å². The first kappa shape index (κ1) is 18.6. The Kier molecular flexibility index (Phi) is 8.30. The highest BCUT2D eigenvalue weighted by Gasteiger charge is 2.28. The molecule has 0 heterocycles. The molecule has 1 rings (SSSR count). The fourth-order valence-corrected chi connectivity index (χ4v) is 2.17. The molecule has 23 heavy (non-hydrogen) atoms. The Balaban J connectivity index is 2.85. The normalized spacial score (nSPS) is 12.6. The molecule has 124 valence electrons. The molecular formula is C18H23NO4. The molecule has 2 atom stereocenters. The molecule has 0 aliphatic carbocycles. The van der Waals surface area contributed by atoms with E-state index in [9.17, 15) is 9.59 Å². The molecule has 5 nitrogen and oxygen atoms in total. The van der Waals surface area contributed by atoms with Crippen LogP contribution >= 0.6 is 0 Å². The number of hydrogen-bond donors (Lipinski definition) is 1. The Labute approximate surface area is 137 Å². The molecule has 1 N–H and O–H groups in total. The second-order valence-electron chi connectivity index (χ2n) is 4.98. The van der Waals surface area contributed by atoms with Gasteiger partial charge in [0.2, 0.25) is 0 Å². The first-order chi connectivity index (χ1) is 11.2. The number of ether oxygens (including phenoxy) is 2. The summed E-state index contributed by atoms with van der Waals surface area (Å²) in [6.45, 7) is 4.17. The third-order valence-electron chi connectivity index (χ3n) is 3.26. The van der Waals surface area contributed by atoms with Gasteiger partial charge in [-0.15, -0.1) is 6.42 Å². The van der Waals surface area contributed by atoms with Crippen molar-refractivity contribution in [3.8, 4) is 18.1 Å². The molecular weight excluding hydrogens is 294 g/mol. The minimum atomic E-state index is -0.704. The van der Waals surface area contributed by atoms with Crippen molar-refractivity contribution in [3.05, 3.63) is 24.3 Å². The number of benzene rings is 1. The lowest BCUT2D eigenvalue weighted by molar-refractivity contribution is -0.146. The van der Waals surface area contributed by atoms with E-state index in [1.54, 1.807) is 31.2 Å². The van der Waals surface area contributed by atoms with Gasteiger partial charge in [-0.1, -0.05) is 19.3 Å². The lowest BCUT2D eigenvalue weighted by atomic mass is 9.96. The average Bonchev–Trinajstić information content (AvgIpc) is 2.57. The maximum atomic E-state index is 12.1. The first-order valence-corrected chi connectivity index (χ1v) is 7.71. The Bertz CT molecular complexity index is 533. The van der Waals surface area contributed by atoms with E-state index in [0.717, 1.165) is 12.7 Å². The van der Waals surface area contributed by atoms with Crippen molar-refractivity contribution in [1.82, 2.24) is 0 Å². The van der Waals surface area contributed by atoms with E-state index in [2.05, 4.69) is 11.2 Å². The van der Waals surface area contributed by atoms with Crippen LogP contribution in [0.25, 0.3) is 0 Å². The zero-order chi connectivity index (χ0) is 17.1. The van der Waals surface area contributed by atoms with E-state index in [1.807, 2.05) is 6.92 Å². The smallest absolute Gasteiger partial charge is 0.329 e. The Morgan fingerprint density at radius 3 is 2.57 bits per heavy atom. The first-order valence-electron chi connectivity index (χ1n) is 7.71. The number of esters is 1. The maximum absolute atomic E-state index is 12.1. The second kappa shape index (κ2) is 10.3. The fourth-order valence-electron chi connectivity index (χ4n) is 2.17. The third-order valence-corrected chi connectivity index (χ3v) is 3.26. The molecule has 1 aromatic rings. The van der Waals surface area contributed by atoms with E-state index in [-0.39, 0.29) is 13.2 Å². The number of aldehydes is 1. The number of hydrogen-bond acceptors (Lipinski definition) is 5. The molecule has 0 fully saturated rings. The predicted molar refractivity (Wildman–Crippen MR) is 89.3 cm³/mol. The lowest BCUT2D eigenvalue weighted by Gasteiger charge is -2.23. The van der Waals surface area contributed by atoms with Crippen LogP contribution in [0.3, 0.4) is 0 Å². The van der Waals surface area contributed by atoms with Crippen molar-refractivity contribution in [2.75, 3.05) is 18.5 Å². The van der Waals surface area contributed by atoms with Crippen molar-refractivity contribution in [2.45, 2.75) is 32.7 Å². The Hall–Kier alpha value is -2.48. The van der Waals surface area contributed by atoms with Gasteiger partial charge in [0.1, 0.15) is 24.7 Å². The van der Waals surface area contributed by atoms with Crippen molar-refractivity contribution in [2.24, 2.45) is 5.92 Å². The summed E-state index contributed by atoms with van der Waals surface area (Å²) in [6.07, 6.45) is 7.37. The number of rotatable bonds is 10. The van der Waals surface area contributed by atoms with Gasteiger partial charge in [-0.2, -0.15) is 0 Å². The van der Waals surface area contributed by atoms with Gasteiger partial charge in [0.25, 0.3) is 0 Å². The summed E-state index contributed by atoms with van der Waals surface area (Å²) in [7, 11) is 0. The number of anilines is 1. The standard InChI is InChI=1S/C18H23NO4/c1-4-7-14(13-20)17(18(21)22-6-3)19-15-8-10-16(11-9-15)23-12-5-2/h2,8-11,13-14,17,19H,4,6-7,12H2,1,3H3/t14-,17+/m1/s1. The van der Waals surface area contributed by atoms with E-state index in [4.69, 9.17) is 15.9 Å². The highest BCUT2D eigenvalue weighted by molar-refractivity contribution is 5.83.